The Hall–Kier alpha value is -2.71. The van der Waals surface area contributed by atoms with E-state index in [2.05, 4.69) is 12.0 Å². The van der Waals surface area contributed by atoms with Crippen molar-refractivity contribution >= 4 is 27.4 Å². The highest BCUT2D eigenvalue weighted by atomic mass is 32.2. The molecule has 0 fully saturated rings. The van der Waals surface area contributed by atoms with E-state index in [1.54, 1.807) is 30.3 Å². The molecule has 1 aliphatic heterocycles. The Morgan fingerprint density at radius 3 is 1.82 bits per heavy atom. The molecule has 0 spiro atoms. The van der Waals surface area contributed by atoms with Gasteiger partial charge in [0.05, 0.1) is 17.3 Å². The van der Waals surface area contributed by atoms with Crippen molar-refractivity contribution in [1.29, 1.82) is 0 Å². The number of amides is 1. The van der Waals surface area contributed by atoms with Crippen LogP contribution in [0.2, 0.25) is 0 Å². The molecule has 0 aliphatic carbocycles. The molecule has 1 heterocycles. The van der Waals surface area contributed by atoms with E-state index in [-0.39, 0.29) is 29.2 Å². The van der Waals surface area contributed by atoms with Gasteiger partial charge in [0, 0.05) is 0 Å². The molecule has 7 nitrogen and oxygen atoms in total. The van der Waals surface area contributed by atoms with Crippen LogP contribution in [-0.2, 0) is 14.9 Å². The van der Waals surface area contributed by atoms with Crippen molar-refractivity contribution in [2.45, 2.75) is 135 Å². The third kappa shape index (κ3) is 11.7. The maximum atomic E-state index is 13.4. The van der Waals surface area contributed by atoms with Gasteiger partial charge >= 0.3 is 0 Å². The lowest BCUT2D eigenvalue weighted by atomic mass is 9.88. The number of carbonyl (C=O) groups excluding carboxylic acids is 1. The van der Waals surface area contributed by atoms with Gasteiger partial charge in [0.1, 0.15) is 16.4 Å². The van der Waals surface area contributed by atoms with Gasteiger partial charge in [-0.2, -0.15) is 13.5 Å². The number of carbonyl (C=O) groups is 1. The highest BCUT2D eigenvalue weighted by molar-refractivity contribution is 7.86. The molecule has 8 heteroatoms. The lowest BCUT2D eigenvalue weighted by Crippen LogP contribution is -2.31. The van der Waals surface area contributed by atoms with Gasteiger partial charge in [-0.1, -0.05) is 135 Å². The molecule has 0 saturated carbocycles. The quantitative estimate of drug-likeness (QED) is 0.104. The van der Waals surface area contributed by atoms with Gasteiger partial charge in [0.2, 0.25) is 0 Å². The maximum Gasteiger partial charge on any atom is 0.298 e. The summed E-state index contributed by atoms with van der Waals surface area (Å²) in [6.07, 6.45) is 21.7. The number of hydrogen-bond donors (Lipinski definition) is 1. The van der Waals surface area contributed by atoms with Crippen molar-refractivity contribution in [2.24, 2.45) is 16.9 Å². The summed E-state index contributed by atoms with van der Waals surface area (Å²) in [6.45, 7) is 6.29. The van der Waals surface area contributed by atoms with Gasteiger partial charge in [0.15, 0.2) is 0 Å². The summed E-state index contributed by atoms with van der Waals surface area (Å²) in [5.74, 6) is -0.0485. The largest absolute Gasteiger partial charge is 0.456 e. The van der Waals surface area contributed by atoms with Crippen LogP contribution in [0.4, 0.5) is 5.69 Å². The second kappa shape index (κ2) is 18.9. The number of unbranched alkanes of at least 4 members (excludes halogenated alkanes) is 15. The van der Waals surface area contributed by atoms with Crippen LogP contribution in [-0.4, -0.2) is 24.6 Å². The number of hydrogen-bond acceptors (Lipinski definition) is 5. The summed E-state index contributed by atoms with van der Waals surface area (Å²) in [4.78, 5) is 13.0. The number of ether oxygens (including phenoxy) is 1. The number of nitrogens with zero attached hydrogens (tertiary/aromatic N) is 2. The average Bonchev–Trinajstić information content (AvgIpc) is 3.33. The second-order valence-corrected chi connectivity index (χ2v) is 13.9. The summed E-state index contributed by atoms with van der Waals surface area (Å²) >= 11 is 0. The number of hydrazone groups is 1. The Kier molecular flexibility index (Phi) is 15.4. The molecule has 0 bridgehead atoms. The first-order valence-electron chi connectivity index (χ1n) is 17.0. The fourth-order valence-electron chi connectivity index (χ4n) is 5.96. The lowest BCUT2D eigenvalue weighted by Gasteiger charge is -2.18. The molecule has 1 N–H and O–H groups in total. The average molecular weight is 627 g/mol. The first-order valence-corrected chi connectivity index (χ1v) is 18.4. The van der Waals surface area contributed by atoms with Crippen molar-refractivity contribution in [3.8, 4) is 11.5 Å². The molecule has 0 aromatic heterocycles. The zero-order valence-electron chi connectivity index (χ0n) is 27.2. The lowest BCUT2D eigenvalue weighted by molar-refractivity contribution is -0.120. The van der Waals surface area contributed by atoms with E-state index in [1.807, 2.05) is 19.9 Å². The van der Waals surface area contributed by atoms with E-state index in [4.69, 9.17) is 4.74 Å². The minimum absolute atomic E-state index is 0.0214. The van der Waals surface area contributed by atoms with E-state index in [0.29, 0.717) is 5.75 Å². The Balaban J connectivity index is 1.45. The predicted octanol–water partition coefficient (Wildman–Crippen LogP) is 10.4. The third-order valence-electron chi connectivity index (χ3n) is 8.44. The third-order valence-corrected chi connectivity index (χ3v) is 9.31. The monoisotopic (exact) mass is 626 g/mol. The fraction of sp³-hybridized carbons (Fsp3) is 0.611. The Bertz CT molecular complexity index is 1280. The van der Waals surface area contributed by atoms with E-state index in [0.717, 1.165) is 25.0 Å². The zero-order chi connectivity index (χ0) is 31.8. The van der Waals surface area contributed by atoms with Crippen molar-refractivity contribution in [2.75, 3.05) is 5.01 Å². The summed E-state index contributed by atoms with van der Waals surface area (Å²) in [6, 6.07) is 13.0. The maximum absolute atomic E-state index is 13.4. The zero-order valence-corrected chi connectivity index (χ0v) is 28.0. The molecule has 1 atom stereocenters. The molecule has 3 rings (SSSR count). The topological polar surface area (TPSA) is 96.3 Å². The molecule has 2 aromatic rings. The van der Waals surface area contributed by atoms with Crippen molar-refractivity contribution in [3.05, 3.63) is 48.5 Å². The highest BCUT2D eigenvalue weighted by Crippen LogP contribution is 2.36. The van der Waals surface area contributed by atoms with Gasteiger partial charge in [-0.15, -0.1) is 0 Å². The van der Waals surface area contributed by atoms with E-state index < -0.39 is 15.0 Å². The molecule has 244 valence electrons. The minimum Gasteiger partial charge on any atom is -0.456 e. The molecule has 1 amide bonds. The van der Waals surface area contributed by atoms with Gasteiger partial charge in [-0.3, -0.25) is 9.35 Å². The van der Waals surface area contributed by atoms with Gasteiger partial charge in [-0.05, 0) is 49.1 Å². The molecule has 44 heavy (non-hydrogen) atoms. The molecule has 0 radical (unpaired) electrons. The second-order valence-electron chi connectivity index (χ2n) is 12.5. The molecule has 2 aromatic carbocycles. The normalized spacial score (nSPS) is 15.3. The summed E-state index contributed by atoms with van der Waals surface area (Å²) in [7, 11) is -4.62. The van der Waals surface area contributed by atoms with Crippen LogP contribution in [0.1, 0.15) is 130 Å². The number of benzene rings is 2. The Morgan fingerprint density at radius 2 is 1.32 bits per heavy atom. The molecular weight excluding hydrogens is 572 g/mol. The smallest absolute Gasteiger partial charge is 0.298 e. The van der Waals surface area contributed by atoms with Crippen LogP contribution in [0, 0.1) is 11.8 Å². The van der Waals surface area contributed by atoms with Gasteiger partial charge in [0.25, 0.3) is 16.0 Å². The van der Waals surface area contributed by atoms with Crippen LogP contribution < -0.4 is 9.75 Å². The number of anilines is 1. The van der Waals surface area contributed by atoms with Crippen molar-refractivity contribution in [1.82, 2.24) is 0 Å². The highest BCUT2D eigenvalue weighted by Gasteiger charge is 2.38. The van der Waals surface area contributed by atoms with Crippen LogP contribution in [0.3, 0.4) is 0 Å². The Morgan fingerprint density at radius 1 is 0.795 bits per heavy atom. The first-order chi connectivity index (χ1) is 21.2. The van der Waals surface area contributed by atoms with Crippen molar-refractivity contribution < 1.29 is 22.5 Å². The number of rotatable bonds is 22. The predicted molar refractivity (Wildman–Crippen MR) is 180 cm³/mol. The van der Waals surface area contributed by atoms with E-state index in [9.17, 15) is 17.8 Å². The van der Waals surface area contributed by atoms with Crippen LogP contribution in [0.15, 0.2) is 58.5 Å². The molecule has 1 aliphatic rings. The van der Waals surface area contributed by atoms with Crippen LogP contribution in [0.25, 0.3) is 0 Å². The Labute approximate surface area is 266 Å². The SMILES string of the molecule is CCCCCCCCCCCCCCCCCCC1=NN(c2ccc(Oc3ccccc3)c(S(=O)(=O)O)c2)C(=O)C1C(C)C. The van der Waals surface area contributed by atoms with E-state index in [1.165, 1.54) is 107 Å². The summed E-state index contributed by atoms with van der Waals surface area (Å²) < 4.78 is 40.1. The van der Waals surface area contributed by atoms with Crippen LogP contribution in [0.5, 0.6) is 11.5 Å². The number of para-hydroxylation sites is 1. The first kappa shape index (κ1) is 35.8. The molecular formula is C36H54N2O5S. The fourth-order valence-corrected chi connectivity index (χ4v) is 6.59. The van der Waals surface area contributed by atoms with E-state index >= 15 is 0 Å². The summed E-state index contributed by atoms with van der Waals surface area (Å²) in [5, 5.41) is 5.95. The van der Waals surface area contributed by atoms with Gasteiger partial charge < -0.3 is 4.74 Å². The van der Waals surface area contributed by atoms with Gasteiger partial charge in [-0.25, -0.2) is 5.01 Å². The molecule has 1 unspecified atom stereocenters. The van der Waals surface area contributed by atoms with Crippen LogP contribution >= 0.6 is 0 Å². The van der Waals surface area contributed by atoms with Crippen molar-refractivity contribution in [3.63, 3.8) is 0 Å². The molecule has 0 saturated heterocycles. The standard InChI is InChI=1S/C36H54N2O5S/c1-4-5-6-7-8-9-10-11-12-13-14-15-16-17-18-22-25-32-35(29(2)3)36(39)38(37-32)30-26-27-33(34(28-30)44(40,41)42)43-31-23-20-19-21-24-31/h19-21,23-24,26-29,35H,4-18,22,25H2,1-3H3,(H,40,41,42). The summed E-state index contributed by atoms with van der Waals surface area (Å²) in [5.41, 5.74) is 1.13. The minimum atomic E-state index is -4.62.